The Labute approximate surface area is 134 Å². The number of carbonyl (C=O) groups is 1. The average molecular weight is 313 g/mol. The highest BCUT2D eigenvalue weighted by Crippen LogP contribution is 2.43. The van der Waals surface area contributed by atoms with Crippen molar-refractivity contribution in [3.63, 3.8) is 0 Å². The summed E-state index contributed by atoms with van der Waals surface area (Å²) in [7, 11) is 0. The van der Waals surface area contributed by atoms with Gasteiger partial charge in [-0.3, -0.25) is 9.78 Å². The van der Waals surface area contributed by atoms with Crippen LogP contribution < -0.4 is 11.1 Å². The zero-order valence-electron chi connectivity index (χ0n) is 12.9. The summed E-state index contributed by atoms with van der Waals surface area (Å²) in [5.74, 6) is 0.411. The summed E-state index contributed by atoms with van der Waals surface area (Å²) in [5.41, 5.74) is 7.44. The Morgan fingerprint density at radius 1 is 1.26 bits per heavy atom. The molecule has 0 saturated heterocycles. The zero-order chi connectivity index (χ0) is 16.4. The monoisotopic (exact) mass is 313 g/mol. The zero-order valence-corrected chi connectivity index (χ0v) is 12.9. The fraction of sp³-hybridized carbons (Fsp3) is 0.375. The van der Waals surface area contributed by atoms with Gasteiger partial charge in [0.15, 0.2) is 5.82 Å². The van der Waals surface area contributed by atoms with E-state index >= 15 is 0 Å². The summed E-state index contributed by atoms with van der Waals surface area (Å²) in [4.78, 5) is 24.7. The Hall–Kier alpha value is -2.38. The predicted octanol–water partition coefficient (Wildman–Crippen LogP) is 0.483. The fourth-order valence-corrected chi connectivity index (χ4v) is 2.29. The van der Waals surface area contributed by atoms with Crippen LogP contribution in [-0.4, -0.2) is 32.0 Å². The number of nitrogens with one attached hydrogen (secondary N) is 1. The number of amides is 1. The van der Waals surface area contributed by atoms with E-state index in [0.29, 0.717) is 11.5 Å². The van der Waals surface area contributed by atoms with Crippen LogP contribution in [0.1, 0.15) is 31.3 Å². The van der Waals surface area contributed by atoms with E-state index in [1.54, 1.807) is 31.6 Å². The lowest BCUT2D eigenvalue weighted by Crippen LogP contribution is -2.44. The number of nitrogens with zero attached hydrogens (tertiary/aromatic N) is 3. The Bertz CT molecular complexity index is 693. The Balaban J connectivity index is 1.78. The van der Waals surface area contributed by atoms with Gasteiger partial charge in [0.25, 0.3) is 0 Å². The molecule has 4 N–H and O–H groups in total. The highest BCUT2D eigenvalue weighted by molar-refractivity contribution is 5.82. The van der Waals surface area contributed by atoms with Gasteiger partial charge in [-0.2, -0.15) is 0 Å². The molecule has 0 aromatic carbocycles. The molecule has 1 aliphatic carbocycles. The lowest BCUT2D eigenvalue weighted by molar-refractivity contribution is -0.123. The van der Waals surface area contributed by atoms with Crippen LogP contribution in [0.25, 0.3) is 11.1 Å². The van der Waals surface area contributed by atoms with Crippen LogP contribution in [0.4, 0.5) is 0 Å². The number of aromatic nitrogens is 3. The summed E-state index contributed by atoms with van der Waals surface area (Å²) in [6.07, 6.45) is 6.75. The van der Waals surface area contributed by atoms with Crippen molar-refractivity contribution in [1.29, 1.82) is 0 Å². The number of hydrogen-bond donors (Lipinski definition) is 3. The highest BCUT2D eigenvalue weighted by Gasteiger charge is 2.48. The first-order chi connectivity index (χ1) is 11.0. The maximum absolute atomic E-state index is 11.8. The van der Waals surface area contributed by atoms with Crippen LogP contribution in [-0.2, 0) is 16.9 Å². The molecule has 0 spiro atoms. The summed E-state index contributed by atoms with van der Waals surface area (Å²) in [6, 6.07) is 3.07. The third-order valence-corrected chi connectivity index (χ3v) is 3.93. The summed E-state index contributed by atoms with van der Waals surface area (Å²) < 4.78 is 0. The average Bonchev–Trinajstić information content (AvgIpc) is 3.36. The minimum atomic E-state index is -0.553. The van der Waals surface area contributed by atoms with E-state index in [9.17, 15) is 4.79 Å². The smallest absolute Gasteiger partial charge is 0.237 e. The molecule has 2 aromatic heterocycles. The van der Waals surface area contributed by atoms with E-state index in [4.69, 9.17) is 10.8 Å². The van der Waals surface area contributed by atoms with Crippen LogP contribution in [0.2, 0.25) is 0 Å². The van der Waals surface area contributed by atoms with Crippen molar-refractivity contribution in [3.8, 4) is 11.1 Å². The molecule has 120 valence electrons. The van der Waals surface area contributed by atoms with Gasteiger partial charge in [-0.15, -0.1) is 0 Å². The van der Waals surface area contributed by atoms with Crippen molar-refractivity contribution < 1.29 is 9.90 Å². The van der Waals surface area contributed by atoms with Crippen molar-refractivity contribution in [2.45, 2.75) is 38.0 Å². The number of rotatable bonds is 5. The fourth-order valence-electron chi connectivity index (χ4n) is 2.29. The van der Waals surface area contributed by atoms with Gasteiger partial charge >= 0.3 is 0 Å². The van der Waals surface area contributed by atoms with E-state index in [-0.39, 0.29) is 12.5 Å². The van der Waals surface area contributed by atoms with E-state index in [1.807, 2.05) is 6.07 Å². The normalized spacial score (nSPS) is 16.7. The number of aliphatic hydroxyl groups excluding tert-OH is 1. The third kappa shape index (κ3) is 3.20. The molecule has 2 aromatic rings. The van der Waals surface area contributed by atoms with Gasteiger partial charge in [-0.25, -0.2) is 9.97 Å². The Morgan fingerprint density at radius 3 is 2.39 bits per heavy atom. The number of hydrogen-bond acceptors (Lipinski definition) is 6. The minimum Gasteiger partial charge on any atom is -0.390 e. The molecule has 3 rings (SSSR count). The molecule has 0 radical (unpaired) electrons. The second kappa shape index (κ2) is 6.02. The van der Waals surface area contributed by atoms with Gasteiger partial charge in [-0.1, -0.05) is 6.07 Å². The van der Waals surface area contributed by atoms with Crippen molar-refractivity contribution >= 4 is 5.91 Å². The van der Waals surface area contributed by atoms with Gasteiger partial charge in [-0.05, 0) is 25.8 Å². The molecule has 7 heteroatoms. The molecular weight excluding hydrogens is 294 g/mol. The SMILES string of the molecule is CC(N)C(=O)NC1(c2ncc(-c3ccc(CO)nc3)cn2)CC1. The molecule has 2 heterocycles. The maximum atomic E-state index is 11.8. The lowest BCUT2D eigenvalue weighted by atomic mass is 10.1. The van der Waals surface area contributed by atoms with Crippen LogP contribution in [0, 0.1) is 0 Å². The van der Waals surface area contributed by atoms with Crippen molar-refractivity contribution in [2.24, 2.45) is 5.73 Å². The van der Waals surface area contributed by atoms with Crippen LogP contribution in [0.5, 0.6) is 0 Å². The van der Waals surface area contributed by atoms with Gasteiger partial charge in [0.2, 0.25) is 5.91 Å². The van der Waals surface area contributed by atoms with Crippen LogP contribution in [0.3, 0.4) is 0 Å². The van der Waals surface area contributed by atoms with Gasteiger partial charge in [0, 0.05) is 29.7 Å². The highest BCUT2D eigenvalue weighted by atomic mass is 16.3. The van der Waals surface area contributed by atoms with Gasteiger partial charge < -0.3 is 16.2 Å². The van der Waals surface area contributed by atoms with E-state index < -0.39 is 11.6 Å². The molecule has 1 saturated carbocycles. The number of aliphatic hydroxyl groups is 1. The van der Waals surface area contributed by atoms with Crippen molar-refractivity contribution in [1.82, 2.24) is 20.3 Å². The lowest BCUT2D eigenvalue weighted by Gasteiger charge is -2.17. The number of carbonyl (C=O) groups excluding carboxylic acids is 1. The molecule has 1 amide bonds. The molecule has 1 atom stereocenters. The molecule has 23 heavy (non-hydrogen) atoms. The Morgan fingerprint density at radius 2 is 1.91 bits per heavy atom. The van der Waals surface area contributed by atoms with Crippen LogP contribution >= 0.6 is 0 Å². The van der Waals surface area contributed by atoms with E-state index in [1.165, 1.54) is 0 Å². The van der Waals surface area contributed by atoms with Crippen molar-refractivity contribution in [3.05, 3.63) is 42.2 Å². The molecule has 7 nitrogen and oxygen atoms in total. The molecule has 1 fully saturated rings. The second-order valence-corrected chi connectivity index (χ2v) is 5.85. The largest absolute Gasteiger partial charge is 0.390 e. The quantitative estimate of drug-likeness (QED) is 0.740. The van der Waals surface area contributed by atoms with E-state index in [2.05, 4.69) is 20.3 Å². The first kappa shape index (κ1) is 15.5. The van der Waals surface area contributed by atoms with E-state index in [0.717, 1.165) is 24.0 Å². The van der Waals surface area contributed by atoms with Crippen LogP contribution in [0.15, 0.2) is 30.7 Å². The summed E-state index contributed by atoms with van der Waals surface area (Å²) >= 11 is 0. The van der Waals surface area contributed by atoms with Crippen molar-refractivity contribution in [2.75, 3.05) is 0 Å². The van der Waals surface area contributed by atoms with Gasteiger partial charge in [0.05, 0.1) is 23.9 Å². The third-order valence-electron chi connectivity index (χ3n) is 3.93. The molecule has 1 aliphatic rings. The first-order valence-corrected chi connectivity index (χ1v) is 7.50. The maximum Gasteiger partial charge on any atom is 0.237 e. The van der Waals surface area contributed by atoms with Gasteiger partial charge in [0.1, 0.15) is 0 Å². The minimum absolute atomic E-state index is 0.0858. The predicted molar refractivity (Wildman–Crippen MR) is 83.9 cm³/mol. The summed E-state index contributed by atoms with van der Waals surface area (Å²) in [5, 5.41) is 11.9. The Kier molecular flexibility index (Phi) is 4.06. The molecule has 1 unspecified atom stereocenters. The summed E-state index contributed by atoms with van der Waals surface area (Å²) in [6.45, 7) is 1.57. The number of nitrogens with two attached hydrogens (primary N) is 1. The molecule has 0 aliphatic heterocycles. The standard InChI is InChI=1S/C16H19N5O2/c1-10(17)14(23)21-16(4-5-16)15-19-7-12(8-20-15)11-2-3-13(9-22)18-6-11/h2-3,6-8,10,22H,4-5,9,17H2,1H3,(H,21,23). The second-order valence-electron chi connectivity index (χ2n) is 5.85. The topological polar surface area (TPSA) is 114 Å². The molecule has 0 bridgehead atoms. The molecular formula is C16H19N5O2. The first-order valence-electron chi connectivity index (χ1n) is 7.50. The number of pyridine rings is 1.